The van der Waals surface area contributed by atoms with Crippen molar-refractivity contribution in [1.29, 1.82) is 0 Å². The third kappa shape index (κ3) is 4.74. The van der Waals surface area contributed by atoms with E-state index in [9.17, 15) is 4.79 Å². The van der Waals surface area contributed by atoms with E-state index < -0.39 is 0 Å². The van der Waals surface area contributed by atoms with Crippen LogP contribution >= 0.6 is 0 Å². The second kappa shape index (κ2) is 6.78. The summed E-state index contributed by atoms with van der Waals surface area (Å²) in [4.78, 5) is 15.0. The number of carbonyl (C=O) groups is 1. The topological polar surface area (TPSA) is 92.3 Å². The number of nitrogens with two attached hydrogens (primary N) is 1. The summed E-state index contributed by atoms with van der Waals surface area (Å²) in [5, 5.41) is 3.77. The number of methoxy groups -OCH3 is 1. The molecule has 16 heavy (non-hydrogen) atoms. The van der Waals surface area contributed by atoms with Crippen LogP contribution in [0.5, 0.6) is 0 Å². The first-order valence-corrected chi connectivity index (χ1v) is 5.02. The molecule has 2 N–H and O–H groups in total. The first-order chi connectivity index (χ1) is 7.72. The molecule has 1 rings (SSSR count). The van der Waals surface area contributed by atoms with Gasteiger partial charge in [0, 0.05) is 13.7 Å². The molecular formula is C9H16N4O3. The second-order valence-corrected chi connectivity index (χ2v) is 3.22. The van der Waals surface area contributed by atoms with Gasteiger partial charge in [0.05, 0.1) is 6.61 Å². The maximum Gasteiger partial charge on any atom is 0.327 e. The number of carbonyl (C=O) groups excluding carboxylic acids is 1. The van der Waals surface area contributed by atoms with Gasteiger partial charge in [-0.05, 0) is 12.8 Å². The maximum atomic E-state index is 11.3. The summed E-state index contributed by atoms with van der Waals surface area (Å²) >= 11 is 0. The molecule has 0 unspecified atom stereocenters. The SMILES string of the molecule is COCCCCOC(=O)Cn1cnc(N)n1. The molecule has 0 amide bonds. The largest absolute Gasteiger partial charge is 0.464 e. The van der Waals surface area contributed by atoms with E-state index in [2.05, 4.69) is 10.1 Å². The number of nitrogens with zero attached hydrogens (tertiary/aromatic N) is 3. The molecule has 7 nitrogen and oxygen atoms in total. The van der Waals surface area contributed by atoms with Crippen molar-refractivity contribution >= 4 is 11.9 Å². The van der Waals surface area contributed by atoms with Crippen LogP contribution in [0.15, 0.2) is 6.33 Å². The Bertz CT molecular complexity index is 326. The van der Waals surface area contributed by atoms with Crippen molar-refractivity contribution < 1.29 is 14.3 Å². The monoisotopic (exact) mass is 228 g/mol. The van der Waals surface area contributed by atoms with Gasteiger partial charge < -0.3 is 15.2 Å². The Labute approximate surface area is 93.5 Å². The van der Waals surface area contributed by atoms with Gasteiger partial charge in [-0.1, -0.05) is 0 Å². The van der Waals surface area contributed by atoms with Crippen molar-refractivity contribution in [3.8, 4) is 0 Å². The number of nitrogen functional groups attached to an aromatic ring is 1. The highest BCUT2D eigenvalue weighted by Crippen LogP contribution is 1.94. The van der Waals surface area contributed by atoms with Crippen molar-refractivity contribution in [2.45, 2.75) is 19.4 Å². The molecule has 0 fully saturated rings. The number of ether oxygens (including phenoxy) is 2. The molecule has 0 bridgehead atoms. The lowest BCUT2D eigenvalue weighted by molar-refractivity contribution is -0.144. The van der Waals surface area contributed by atoms with Gasteiger partial charge in [0.2, 0.25) is 5.95 Å². The average molecular weight is 228 g/mol. The minimum Gasteiger partial charge on any atom is -0.464 e. The summed E-state index contributed by atoms with van der Waals surface area (Å²) in [7, 11) is 1.64. The lowest BCUT2D eigenvalue weighted by Gasteiger charge is -2.04. The number of anilines is 1. The van der Waals surface area contributed by atoms with Crippen LogP contribution < -0.4 is 5.73 Å². The molecular weight excluding hydrogens is 212 g/mol. The molecule has 0 saturated carbocycles. The molecule has 0 radical (unpaired) electrons. The van der Waals surface area contributed by atoms with Gasteiger partial charge in [0.25, 0.3) is 0 Å². The minimum atomic E-state index is -0.345. The molecule has 0 aliphatic rings. The number of aromatic nitrogens is 3. The predicted molar refractivity (Wildman–Crippen MR) is 56.5 cm³/mol. The molecule has 0 aliphatic heterocycles. The summed E-state index contributed by atoms with van der Waals surface area (Å²) in [5.74, 6) is -0.199. The first kappa shape index (κ1) is 12.4. The number of hydrogen-bond acceptors (Lipinski definition) is 6. The van der Waals surface area contributed by atoms with Gasteiger partial charge in [-0.25, -0.2) is 9.67 Å². The summed E-state index contributed by atoms with van der Waals surface area (Å²) in [5.41, 5.74) is 5.30. The molecule has 1 aromatic rings. The van der Waals surface area contributed by atoms with Crippen LogP contribution in [0, 0.1) is 0 Å². The van der Waals surface area contributed by atoms with Crippen molar-refractivity contribution in [2.24, 2.45) is 0 Å². The van der Waals surface area contributed by atoms with E-state index in [-0.39, 0.29) is 18.5 Å². The third-order valence-electron chi connectivity index (χ3n) is 1.85. The van der Waals surface area contributed by atoms with Crippen molar-refractivity contribution in [3.63, 3.8) is 0 Å². The molecule has 7 heteroatoms. The van der Waals surface area contributed by atoms with E-state index in [4.69, 9.17) is 15.2 Å². The first-order valence-electron chi connectivity index (χ1n) is 5.02. The van der Waals surface area contributed by atoms with Crippen molar-refractivity contribution in [2.75, 3.05) is 26.1 Å². The molecule has 0 spiro atoms. The maximum absolute atomic E-state index is 11.3. The van der Waals surface area contributed by atoms with Crippen LogP contribution in [0.3, 0.4) is 0 Å². The third-order valence-corrected chi connectivity index (χ3v) is 1.85. The van der Waals surface area contributed by atoms with Gasteiger partial charge in [0.1, 0.15) is 12.9 Å². The molecule has 1 heterocycles. The van der Waals surface area contributed by atoms with E-state index >= 15 is 0 Å². The van der Waals surface area contributed by atoms with E-state index in [0.29, 0.717) is 13.2 Å². The number of esters is 1. The highest BCUT2D eigenvalue weighted by molar-refractivity contribution is 5.68. The lowest BCUT2D eigenvalue weighted by Crippen LogP contribution is -2.15. The van der Waals surface area contributed by atoms with Gasteiger partial charge in [-0.15, -0.1) is 5.10 Å². The number of hydrogen-bond donors (Lipinski definition) is 1. The second-order valence-electron chi connectivity index (χ2n) is 3.22. The fraction of sp³-hybridized carbons (Fsp3) is 0.667. The Balaban J connectivity index is 2.11. The zero-order valence-corrected chi connectivity index (χ0v) is 9.26. The van der Waals surface area contributed by atoms with Crippen LogP contribution in [-0.2, 0) is 20.8 Å². The van der Waals surface area contributed by atoms with Gasteiger partial charge in [-0.2, -0.15) is 0 Å². The molecule has 90 valence electrons. The summed E-state index contributed by atoms with van der Waals surface area (Å²) in [6.45, 7) is 1.11. The smallest absolute Gasteiger partial charge is 0.327 e. The fourth-order valence-corrected chi connectivity index (χ4v) is 1.10. The van der Waals surface area contributed by atoms with Crippen LogP contribution in [0.25, 0.3) is 0 Å². The quantitative estimate of drug-likeness (QED) is 0.514. The number of unbranched alkanes of at least 4 members (excludes halogenated alkanes) is 1. The standard InChI is InChI=1S/C9H16N4O3/c1-15-4-2-3-5-16-8(14)6-13-7-11-9(10)12-13/h7H,2-6H2,1H3,(H2,10,12). The van der Waals surface area contributed by atoms with E-state index in [1.54, 1.807) is 7.11 Å². The summed E-state index contributed by atoms with van der Waals surface area (Å²) in [6, 6.07) is 0. The van der Waals surface area contributed by atoms with Crippen LogP contribution in [0.4, 0.5) is 5.95 Å². The van der Waals surface area contributed by atoms with Crippen molar-refractivity contribution in [3.05, 3.63) is 6.33 Å². The zero-order chi connectivity index (χ0) is 11.8. The Morgan fingerprint density at radius 1 is 1.50 bits per heavy atom. The number of rotatable bonds is 7. The van der Waals surface area contributed by atoms with Crippen LogP contribution in [0.2, 0.25) is 0 Å². The van der Waals surface area contributed by atoms with Gasteiger partial charge in [-0.3, -0.25) is 4.79 Å². The predicted octanol–water partition coefficient (Wildman–Crippen LogP) is -0.170. The van der Waals surface area contributed by atoms with Crippen molar-refractivity contribution in [1.82, 2.24) is 14.8 Å². The highest BCUT2D eigenvalue weighted by atomic mass is 16.5. The Hall–Kier alpha value is -1.63. The van der Waals surface area contributed by atoms with E-state index in [0.717, 1.165) is 12.8 Å². The Morgan fingerprint density at radius 2 is 2.25 bits per heavy atom. The van der Waals surface area contributed by atoms with Gasteiger partial charge >= 0.3 is 5.97 Å². The Kier molecular flexibility index (Phi) is 5.27. The summed E-state index contributed by atoms with van der Waals surface area (Å²) < 4.78 is 11.2. The van der Waals surface area contributed by atoms with Crippen LogP contribution in [-0.4, -0.2) is 41.1 Å². The zero-order valence-electron chi connectivity index (χ0n) is 9.26. The molecule has 0 aliphatic carbocycles. The molecule has 0 atom stereocenters. The lowest BCUT2D eigenvalue weighted by atomic mass is 10.3. The highest BCUT2D eigenvalue weighted by Gasteiger charge is 2.05. The molecule has 1 aromatic heterocycles. The normalized spacial score (nSPS) is 10.3. The van der Waals surface area contributed by atoms with E-state index in [1.807, 2.05) is 0 Å². The fourth-order valence-electron chi connectivity index (χ4n) is 1.10. The minimum absolute atomic E-state index is 0.0362. The van der Waals surface area contributed by atoms with Gasteiger partial charge in [0.15, 0.2) is 0 Å². The Morgan fingerprint density at radius 3 is 2.88 bits per heavy atom. The molecule has 0 saturated heterocycles. The average Bonchev–Trinajstić information content (AvgIpc) is 2.63. The summed E-state index contributed by atoms with van der Waals surface area (Å²) in [6.07, 6.45) is 3.06. The van der Waals surface area contributed by atoms with Crippen LogP contribution in [0.1, 0.15) is 12.8 Å². The van der Waals surface area contributed by atoms with E-state index in [1.165, 1.54) is 11.0 Å². The molecule has 0 aromatic carbocycles.